The zero-order valence-electron chi connectivity index (χ0n) is 10.9. The van der Waals surface area contributed by atoms with Crippen molar-refractivity contribution in [1.29, 1.82) is 5.26 Å². The molecule has 17 heavy (non-hydrogen) atoms. The summed E-state index contributed by atoms with van der Waals surface area (Å²) in [5.41, 5.74) is 10.8. The van der Waals surface area contributed by atoms with E-state index in [1.807, 2.05) is 12.1 Å². The smallest absolute Gasteiger partial charge is 0.0991 e. The van der Waals surface area contributed by atoms with Gasteiger partial charge in [0.05, 0.1) is 11.6 Å². The molecule has 0 unspecified atom stereocenters. The van der Waals surface area contributed by atoms with E-state index in [0.29, 0.717) is 18.0 Å². The van der Waals surface area contributed by atoms with Gasteiger partial charge >= 0.3 is 0 Å². The van der Waals surface area contributed by atoms with Crippen LogP contribution in [0, 0.1) is 11.3 Å². The molecule has 0 aliphatic carbocycles. The quantitative estimate of drug-likeness (QED) is 0.860. The molecule has 0 fully saturated rings. The molecule has 0 radical (unpaired) electrons. The lowest BCUT2D eigenvalue weighted by Crippen LogP contribution is -2.07. The van der Waals surface area contributed by atoms with Crippen LogP contribution in [0.3, 0.4) is 0 Å². The minimum atomic E-state index is 0.392. The van der Waals surface area contributed by atoms with Gasteiger partial charge in [0.25, 0.3) is 0 Å². The lowest BCUT2D eigenvalue weighted by atomic mass is 9.88. The molecule has 1 rings (SSSR count). The predicted molar refractivity (Wildman–Crippen MR) is 71.7 cm³/mol. The zero-order chi connectivity index (χ0) is 13.0. The maximum absolute atomic E-state index is 9.04. The molecule has 0 saturated heterocycles. The van der Waals surface area contributed by atoms with Gasteiger partial charge in [0.1, 0.15) is 0 Å². The fourth-order valence-corrected chi connectivity index (χ4v) is 2.09. The fraction of sp³-hybridized carbons (Fsp3) is 0.400. The van der Waals surface area contributed by atoms with Crippen molar-refractivity contribution in [3.63, 3.8) is 0 Å². The summed E-state index contributed by atoms with van der Waals surface area (Å²) >= 11 is 0. The van der Waals surface area contributed by atoms with Crippen LogP contribution in [-0.2, 0) is 12.8 Å². The molecule has 2 nitrogen and oxygen atoms in total. The number of aryl methyl sites for hydroxylation is 1. The summed E-state index contributed by atoms with van der Waals surface area (Å²) < 4.78 is 0. The van der Waals surface area contributed by atoms with Crippen molar-refractivity contribution in [3.8, 4) is 6.07 Å². The zero-order valence-corrected chi connectivity index (χ0v) is 10.9. The number of hydrogen-bond donors (Lipinski definition) is 1. The lowest BCUT2D eigenvalue weighted by Gasteiger charge is -2.17. The van der Waals surface area contributed by atoms with Crippen LogP contribution < -0.4 is 5.73 Å². The predicted octanol–water partition coefficient (Wildman–Crippen LogP) is 3.26. The maximum atomic E-state index is 9.04. The first-order chi connectivity index (χ1) is 7.99. The topological polar surface area (TPSA) is 49.8 Å². The number of nitrogens with two attached hydrogens (primary N) is 1. The molecule has 0 atom stereocenters. The van der Waals surface area contributed by atoms with Gasteiger partial charge in [0.2, 0.25) is 0 Å². The van der Waals surface area contributed by atoms with Gasteiger partial charge < -0.3 is 5.73 Å². The molecule has 2 heteroatoms. The Labute approximate surface area is 104 Å². The van der Waals surface area contributed by atoms with Gasteiger partial charge in [-0.05, 0) is 41.2 Å². The average molecular weight is 228 g/mol. The third kappa shape index (κ3) is 3.10. The Morgan fingerprint density at radius 3 is 2.53 bits per heavy atom. The number of allylic oxidation sites excluding steroid dienone is 1. The van der Waals surface area contributed by atoms with E-state index in [4.69, 9.17) is 11.0 Å². The Morgan fingerprint density at radius 2 is 2.12 bits per heavy atom. The normalized spacial score (nSPS) is 10.3. The van der Waals surface area contributed by atoms with Crippen molar-refractivity contribution >= 4 is 0 Å². The van der Waals surface area contributed by atoms with Crippen LogP contribution in [0.5, 0.6) is 0 Å². The molecule has 0 spiro atoms. The second-order valence-corrected chi connectivity index (χ2v) is 4.66. The summed E-state index contributed by atoms with van der Waals surface area (Å²) in [4.78, 5) is 0. The number of rotatable bonds is 4. The second kappa shape index (κ2) is 5.54. The maximum Gasteiger partial charge on any atom is 0.0991 e. The molecular weight excluding hydrogens is 208 g/mol. The Bertz CT molecular complexity index is 465. The molecule has 1 aromatic carbocycles. The van der Waals surface area contributed by atoms with Gasteiger partial charge in [-0.15, -0.1) is 0 Å². The first-order valence-corrected chi connectivity index (χ1v) is 5.98. The summed E-state index contributed by atoms with van der Waals surface area (Å²) in [7, 11) is 0. The molecule has 0 bridgehead atoms. The monoisotopic (exact) mass is 228 g/mol. The van der Waals surface area contributed by atoms with E-state index in [9.17, 15) is 0 Å². The van der Waals surface area contributed by atoms with Crippen molar-refractivity contribution in [2.75, 3.05) is 0 Å². The summed E-state index contributed by atoms with van der Waals surface area (Å²) in [5.74, 6) is 0.392. The Hall–Kier alpha value is -1.75. The summed E-state index contributed by atoms with van der Waals surface area (Å²) in [6, 6.07) is 6.16. The van der Waals surface area contributed by atoms with Crippen LogP contribution >= 0.6 is 0 Å². The van der Waals surface area contributed by atoms with Crippen LogP contribution in [0.1, 0.15) is 48.9 Å². The highest BCUT2D eigenvalue weighted by Crippen LogP contribution is 2.26. The van der Waals surface area contributed by atoms with Crippen molar-refractivity contribution < 1.29 is 0 Å². The third-order valence-electron chi connectivity index (χ3n) is 2.91. The van der Waals surface area contributed by atoms with Gasteiger partial charge in [-0.25, -0.2) is 0 Å². The Kier molecular flexibility index (Phi) is 4.34. The SMILES string of the molecule is C=C(N)Cc1c(CC)cc(C#N)cc1C(C)C. The molecule has 0 heterocycles. The molecule has 90 valence electrons. The minimum absolute atomic E-state index is 0.392. The molecule has 0 amide bonds. The van der Waals surface area contributed by atoms with Crippen LogP contribution in [0.25, 0.3) is 0 Å². The van der Waals surface area contributed by atoms with Crippen LogP contribution in [0.2, 0.25) is 0 Å². The van der Waals surface area contributed by atoms with E-state index >= 15 is 0 Å². The number of benzene rings is 1. The van der Waals surface area contributed by atoms with Crippen LogP contribution in [0.4, 0.5) is 0 Å². The van der Waals surface area contributed by atoms with Crippen molar-refractivity contribution in [3.05, 3.63) is 46.7 Å². The molecule has 0 aromatic heterocycles. The van der Waals surface area contributed by atoms with Gasteiger partial charge in [0.15, 0.2) is 0 Å². The number of nitrogens with zero attached hydrogens (tertiary/aromatic N) is 1. The lowest BCUT2D eigenvalue weighted by molar-refractivity contribution is 0.836. The molecular formula is C15H20N2. The van der Waals surface area contributed by atoms with Gasteiger partial charge in [-0.1, -0.05) is 27.4 Å². The molecule has 0 saturated carbocycles. The summed E-state index contributed by atoms with van der Waals surface area (Å²) in [6.45, 7) is 10.2. The molecule has 0 aliphatic heterocycles. The summed E-state index contributed by atoms with van der Waals surface area (Å²) in [5, 5.41) is 9.04. The van der Waals surface area contributed by atoms with E-state index in [-0.39, 0.29) is 0 Å². The van der Waals surface area contributed by atoms with Gasteiger partial charge in [0, 0.05) is 12.1 Å². The van der Waals surface area contributed by atoms with E-state index in [0.717, 1.165) is 12.0 Å². The van der Waals surface area contributed by atoms with E-state index in [2.05, 4.69) is 33.4 Å². The van der Waals surface area contributed by atoms with Crippen LogP contribution in [0.15, 0.2) is 24.4 Å². The molecule has 2 N–H and O–H groups in total. The van der Waals surface area contributed by atoms with Crippen molar-refractivity contribution in [2.24, 2.45) is 5.73 Å². The fourth-order valence-electron chi connectivity index (χ4n) is 2.09. The summed E-state index contributed by atoms with van der Waals surface area (Å²) in [6.07, 6.45) is 1.61. The highest BCUT2D eigenvalue weighted by Gasteiger charge is 2.13. The second-order valence-electron chi connectivity index (χ2n) is 4.66. The largest absolute Gasteiger partial charge is 0.402 e. The van der Waals surface area contributed by atoms with E-state index in [1.54, 1.807) is 0 Å². The third-order valence-corrected chi connectivity index (χ3v) is 2.91. The Morgan fingerprint density at radius 1 is 1.47 bits per heavy atom. The first kappa shape index (κ1) is 13.3. The van der Waals surface area contributed by atoms with Crippen LogP contribution in [-0.4, -0.2) is 0 Å². The minimum Gasteiger partial charge on any atom is -0.402 e. The number of nitriles is 1. The van der Waals surface area contributed by atoms with Crippen molar-refractivity contribution in [2.45, 2.75) is 39.5 Å². The molecule has 0 aliphatic rings. The average Bonchev–Trinajstić information content (AvgIpc) is 2.28. The van der Waals surface area contributed by atoms with E-state index in [1.165, 1.54) is 16.7 Å². The highest BCUT2D eigenvalue weighted by molar-refractivity contribution is 5.46. The van der Waals surface area contributed by atoms with Gasteiger partial charge in [-0.3, -0.25) is 0 Å². The molecule has 1 aromatic rings. The highest BCUT2D eigenvalue weighted by atomic mass is 14.6. The first-order valence-electron chi connectivity index (χ1n) is 5.98. The number of hydrogen-bond acceptors (Lipinski definition) is 2. The van der Waals surface area contributed by atoms with Gasteiger partial charge in [-0.2, -0.15) is 5.26 Å². The van der Waals surface area contributed by atoms with Crippen molar-refractivity contribution in [1.82, 2.24) is 0 Å². The van der Waals surface area contributed by atoms with E-state index < -0.39 is 0 Å². The standard InChI is InChI=1S/C15H20N2/c1-5-13-7-12(9-16)8-14(10(2)3)15(13)6-11(4)17/h7-8,10H,4-6,17H2,1-3H3. The Balaban J connectivity index is 3.41.